The van der Waals surface area contributed by atoms with Crippen LogP contribution in [0.15, 0.2) is 11.6 Å². The summed E-state index contributed by atoms with van der Waals surface area (Å²) >= 11 is 1.57. The highest BCUT2D eigenvalue weighted by Gasteiger charge is 2.31. The number of hydrogen-bond acceptors (Lipinski definition) is 5. The first kappa shape index (κ1) is 21.3. The van der Waals surface area contributed by atoms with Crippen LogP contribution in [0.2, 0.25) is 0 Å². The van der Waals surface area contributed by atoms with Crippen LogP contribution in [0.25, 0.3) is 4.96 Å². The van der Waals surface area contributed by atoms with Crippen molar-refractivity contribution in [2.75, 3.05) is 39.3 Å². The summed E-state index contributed by atoms with van der Waals surface area (Å²) in [6, 6.07) is 0. The molecule has 2 saturated heterocycles. The molecule has 2 aliphatic heterocycles. The van der Waals surface area contributed by atoms with Crippen molar-refractivity contribution in [2.24, 2.45) is 5.92 Å². The molecule has 4 rings (SSSR count). The summed E-state index contributed by atoms with van der Waals surface area (Å²) in [5.41, 5.74) is 1.57. The summed E-state index contributed by atoms with van der Waals surface area (Å²) < 4.78 is 2.07. The molecule has 7 nitrogen and oxygen atoms in total. The number of rotatable bonds is 6. The van der Waals surface area contributed by atoms with E-state index in [2.05, 4.69) is 9.30 Å². The van der Waals surface area contributed by atoms with Crippen molar-refractivity contribution in [3.8, 4) is 0 Å². The van der Waals surface area contributed by atoms with Gasteiger partial charge in [0.05, 0.1) is 11.6 Å². The Bertz CT molecular complexity index is 881. The molecule has 0 saturated carbocycles. The fourth-order valence-electron chi connectivity index (χ4n) is 4.81. The van der Waals surface area contributed by atoms with Crippen molar-refractivity contribution in [3.63, 3.8) is 0 Å². The Morgan fingerprint density at radius 1 is 1.13 bits per heavy atom. The molecule has 1 unspecified atom stereocenters. The van der Waals surface area contributed by atoms with E-state index in [0.717, 1.165) is 75.6 Å². The van der Waals surface area contributed by atoms with Crippen molar-refractivity contribution < 1.29 is 9.59 Å². The number of thiazole rings is 1. The smallest absolute Gasteiger partial charge is 0.274 e. The quantitative estimate of drug-likeness (QED) is 0.705. The number of carbonyl (C=O) groups excluding carboxylic acids is 2. The van der Waals surface area contributed by atoms with Crippen molar-refractivity contribution in [1.82, 2.24) is 24.1 Å². The Balaban J connectivity index is 1.53. The van der Waals surface area contributed by atoms with Crippen molar-refractivity contribution in [3.05, 3.63) is 23.0 Å². The lowest BCUT2D eigenvalue weighted by molar-refractivity contribution is -0.137. The number of imidazole rings is 1. The molecule has 2 aromatic heterocycles. The van der Waals surface area contributed by atoms with Gasteiger partial charge in [0.2, 0.25) is 5.91 Å². The van der Waals surface area contributed by atoms with Crippen molar-refractivity contribution >= 4 is 28.1 Å². The van der Waals surface area contributed by atoms with E-state index in [1.165, 1.54) is 6.42 Å². The number of hydrogen-bond donors (Lipinski definition) is 0. The molecular weight excluding hydrogens is 398 g/mol. The van der Waals surface area contributed by atoms with Gasteiger partial charge in [0.15, 0.2) is 10.7 Å². The molecule has 164 valence electrons. The lowest BCUT2D eigenvalue weighted by Gasteiger charge is -2.34. The van der Waals surface area contributed by atoms with Gasteiger partial charge >= 0.3 is 0 Å². The lowest BCUT2D eigenvalue weighted by atomic mass is 9.96. The zero-order valence-corrected chi connectivity index (χ0v) is 19.0. The molecule has 0 bridgehead atoms. The third-order valence-electron chi connectivity index (χ3n) is 6.51. The van der Waals surface area contributed by atoms with Crippen LogP contribution in [0, 0.1) is 5.92 Å². The van der Waals surface area contributed by atoms with E-state index in [0.29, 0.717) is 12.2 Å². The van der Waals surface area contributed by atoms with Gasteiger partial charge in [0.1, 0.15) is 0 Å². The summed E-state index contributed by atoms with van der Waals surface area (Å²) in [5.74, 6) is 0.377. The summed E-state index contributed by atoms with van der Waals surface area (Å²) in [6.45, 7) is 9.63. The zero-order valence-electron chi connectivity index (χ0n) is 18.2. The van der Waals surface area contributed by atoms with Crippen LogP contribution in [0.5, 0.6) is 0 Å². The Kier molecular flexibility index (Phi) is 6.73. The Morgan fingerprint density at radius 2 is 1.90 bits per heavy atom. The van der Waals surface area contributed by atoms with E-state index in [4.69, 9.17) is 4.98 Å². The van der Waals surface area contributed by atoms with Crippen LogP contribution in [-0.4, -0.2) is 75.2 Å². The molecule has 2 aromatic rings. The zero-order chi connectivity index (χ0) is 21.1. The second kappa shape index (κ2) is 9.47. The minimum absolute atomic E-state index is 0.0470. The normalized spacial score (nSPS) is 20.6. The highest BCUT2D eigenvalue weighted by molar-refractivity contribution is 7.15. The van der Waals surface area contributed by atoms with Gasteiger partial charge in [0.25, 0.3) is 5.91 Å². The van der Waals surface area contributed by atoms with Crippen molar-refractivity contribution in [2.45, 2.75) is 52.5 Å². The number of nitrogens with zero attached hydrogens (tertiary/aromatic N) is 5. The van der Waals surface area contributed by atoms with E-state index in [1.807, 2.05) is 35.2 Å². The predicted molar refractivity (Wildman–Crippen MR) is 119 cm³/mol. The second-order valence-electron chi connectivity index (χ2n) is 8.40. The van der Waals surface area contributed by atoms with E-state index in [-0.39, 0.29) is 17.7 Å². The third kappa shape index (κ3) is 4.25. The van der Waals surface area contributed by atoms with Crippen LogP contribution in [0.4, 0.5) is 0 Å². The fourth-order valence-corrected chi connectivity index (χ4v) is 5.54. The Hall–Kier alpha value is -1.93. The van der Waals surface area contributed by atoms with Crippen LogP contribution in [0.1, 0.15) is 62.1 Å². The Morgan fingerprint density at radius 3 is 2.63 bits per heavy atom. The Labute approximate surface area is 182 Å². The van der Waals surface area contributed by atoms with Gasteiger partial charge in [-0.1, -0.05) is 0 Å². The molecule has 30 heavy (non-hydrogen) atoms. The first-order valence-electron chi connectivity index (χ1n) is 11.4. The number of piperidine rings is 2. The number of likely N-dealkylation sites (tertiary alicyclic amines) is 2. The standard InChI is InChI=1S/C22H33N5O2S/c1-3-25(4-2)20(28)17-9-8-10-24(15-17)16-18-19(23-22-27(18)13-14-30-22)21(29)26-11-6-5-7-12-26/h13-14,17H,3-12,15-16H2,1-2H3. The van der Waals surface area contributed by atoms with Crippen LogP contribution < -0.4 is 0 Å². The van der Waals surface area contributed by atoms with Gasteiger partial charge in [-0.2, -0.15) is 0 Å². The summed E-state index contributed by atoms with van der Waals surface area (Å²) in [7, 11) is 0. The summed E-state index contributed by atoms with van der Waals surface area (Å²) in [6.07, 6.45) is 7.32. The van der Waals surface area contributed by atoms with Crippen LogP contribution >= 0.6 is 11.3 Å². The highest BCUT2D eigenvalue weighted by Crippen LogP contribution is 2.25. The van der Waals surface area contributed by atoms with Gasteiger partial charge in [-0.25, -0.2) is 4.98 Å². The molecule has 1 atom stereocenters. The summed E-state index contributed by atoms with van der Waals surface area (Å²) in [5, 5.41) is 2.02. The molecule has 8 heteroatoms. The topological polar surface area (TPSA) is 61.2 Å². The van der Waals surface area contributed by atoms with Gasteiger partial charge in [-0.05, 0) is 52.5 Å². The molecule has 4 heterocycles. The van der Waals surface area contributed by atoms with Crippen LogP contribution in [-0.2, 0) is 11.3 Å². The maximum Gasteiger partial charge on any atom is 0.274 e. The lowest BCUT2D eigenvalue weighted by Crippen LogP contribution is -2.44. The maximum atomic E-state index is 13.2. The molecular formula is C22H33N5O2S. The summed E-state index contributed by atoms with van der Waals surface area (Å²) in [4.78, 5) is 37.9. The van der Waals surface area contributed by atoms with Gasteiger partial charge < -0.3 is 9.80 Å². The van der Waals surface area contributed by atoms with E-state index < -0.39 is 0 Å². The van der Waals surface area contributed by atoms with Gasteiger partial charge in [0, 0.05) is 50.8 Å². The van der Waals surface area contributed by atoms with Gasteiger partial charge in [-0.3, -0.25) is 18.9 Å². The monoisotopic (exact) mass is 431 g/mol. The van der Waals surface area contributed by atoms with Crippen LogP contribution in [0.3, 0.4) is 0 Å². The molecule has 0 spiro atoms. The van der Waals surface area contributed by atoms with Gasteiger partial charge in [-0.15, -0.1) is 11.3 Å². The molecule has 0 aromatic carbocycles. The number of carbonyl (C=O) groups is 2. The third-order valence-corrected chi connectivity index (χ3v) is 7.27. The van der Waals surface area contributed by atoms with Crippen molar-refractivity contribution in [1.29, 1.82) is 0 Å². The SMILES string of the molecule is CCN(CC)C(=O)C1CCCN(Cc2c(C(=O)N3CCCCC3)nc3sccn23)C1. The average molecular weight is 432 g/mol. The molecule has 2 aliphatic rings. The first-order valence-corrected chi connectivity index (χ1v) is 12.2. The van der Waals surface area contributed by atoms with E-state index >= 15 is 0 Å². The number of amides is 2. The number of fused-ring (bicyclic) bond motifs is 1. The van der Waals surface area contributed by atoms with E-state index in [9.17, 15) is 9.59 Å². The molecule has 2 fully saturated rings. The number of aromatic nitrogens is 2. The molecule has 2 amide bonds. The minimum atomic E-state index is 0.0470. The molecule has 0 aliphatic carbocycles. The minimum Gasteiger partial charge on any atom is -0.343 e. The molecule has 0 N–H and O–H groups in total. The van der Waals surface area contributed by atoms with E-state index in [1.54, 1.807) is 11.3 Å². The fraction of sp³-hybridized carbons (Fsp3) is 0.682. The average Bonchev–Trinajstić information content (AvgIpc) is 3.37. The predicted octanol–water partition coefficient (Wildman–Crippen LogP) is 3.10. The second-order valence-corrected chi connectivity index (χ2v) is 9.27. The largest absolute Gasteiger partial charge is 0.343 e. The first-order chi connectivity index (χ1) is 14.6. The molecule has 0 radical (unpaired) electrons. The highest BCUT2D eigenvalue weighted by atomic mass is 32.1. The maximum absolute atomic E-state index is 13.2.